The van der Waals surface area contributed by atoms with Crippen molar-refractivity contribution in [1.29, 1.82) is 0 Å². The zero-order valence-corrected chi connectivity index (χ0v) is 20.7. The van der Waals surface area contributed by atoms with Crippen LogP contribution in [0.15, 0.2) is 18.2 Å². The molecule has 1 atom stereocenters. The van der Waals surface area contributed by atoms with Crippen molar-refractivity contribution in [1.82, 2.24) is 0 Å². The Morgan fingerprint density at radius 3 is 2.03 bits per heavy atom. The lowest BCUT2D eigenvalue weighted by Gasteiger charge is -2.26. The van der Waals surface area contributed by atoms with E-state index >= 15 is 0 Å². The standard InChI is InChI=1S/C20H32F3NO3.C4H10.ClH/c1-2-3-4-5-6-13-27-18-8-7-16(14-17(18)20(21,22)23)9-10-19(24,15-26)11-12-25;1-3-4-2;/h7-8,14,25-26H,2-6,9-13,15,24H2,1H3;3-4H2,1-2H3;1H. The molecule has 4 N–H and O–H groups in total. The van der Waals surface area contributed by atoms with Crippen molar-refractivity contribution in [3.63, 3.8) is 0 Å². The van der Waals surface area contributed by atoms with Crippen molar-refractivity contribution >= 4 is 12.4 Å². The van der Waals surface area contributed by atoms with Crippen LogP contribution >= 0.6 is 12.4 Å². The van der Waals surface area contributed by atoms with Crippen LogP contribution in [0, 0.1) is 0 Å². The van der Waals surface area contributed by atoms with E-state index < -0.39 is 17.3 Å². The fourth-order valence-corrected chi connectivity index (χ4v) is 2.87. The molecule has 4 nitrogen and oxygen atoms in total. The van der Waals surface area contributed by atoms with Gasteiger partial charge < -0.3 is 20.7 Å². The molecule has 1 aromatic carbocycles. The smallest absolute Gasteiger partial charge is 0.419 e. The van der Waals surface area contributed by atoms with Crippen molar-refractivity contribution in [3.8, 4) is 5.75 Å². The van der Waals surface area contributed by atoms with Gasteiger partial charge in [-0.25, -0.2) is 0 Å². The number of alkyl halides is 3. The van der Waals surface area contributed by atoms with Crippen LogP contribution in [0.25, 0.3) is 0 Å². The highest BCUT2D eigenvalue weighted by atomic mass is 35.5. The first-order valence-electron chi connectivity index (χ1n) is 11.5. The van der Waals surface area contributed by atoms with Gasteiger partial charge in [0.15, 0.2) is 0 Å². The predicted molar refractivity (Wildman–Crippen MR) is 128 cm³/mol. The van der Waals surface area contributed by atoms with E-state index in [4.69, 9.17) is 15.6 Å². The van der Waals surface area contributed by atoms with E-state index in [1.165, 1.54) is 18.9 Å². The maximum absolute atomic E-state index is 13.4. The molecule has 0 spiro atoms. The molecule has 0 saturated heterocycles. The Bertz CT molecular complexity index is 586. The summed E-state index contributed by atoms with van der Waals surface area (Å²) in [6.07, 6.45) is 3.84. The average molecular weight is 486 g/mol. The maximum atomic E-state index is 13.4. The lowest BCUT2D eigenvalue weighted by molar-refractivity contribution is -0.139. The molecular formula is C24H43ClF3NO3. The summed E-state index contributed by atoms with van der Waals surface area (Å²) in [5, 5.41) is 18.4. The van der Waals surface area contributed by atoms with E-state index in [0.29, 0.717) is 5.56 Å². The fourth-order valence-electron chi connectivity index (χ4n) is 2.87. The van der Waals surface area contributed by atoms with Crippen LogP contribution in [0.4, 0.5) is 13.2 Å². The summed E-state index contributed by atoms with van der Waals surface area (Å²) >= 11 is 0. The monoisotopic (exact) mass is 485 g/mol. The number of aliphatic hydroxyl groups excluding tert-OH is 2. The third kappa shape index (κ3) is 14.2. The molecule has 0 amide bonds. The Morgan fingerprint density at radius 2 is 1.53 bits per heavy atom. The van der Waals surface area contributed by atoms with Gasteiger partial charge in [0, 0.05) is 12.1 Å². The molecule has 190 valence electrons. The third-order valence-corrected chi connectivity index (χ3v) is 5.19. The number of rotatable bonds is 14. The molecule has 8 heteroatoms. The average Bonchev–Trinajstić information content (AvgIpc) is 2.75. The Balaban J connectivity index is 0. The van der Waals surface area contributed by atoms with E-state index in [1.54, 1.807) is 6.07 Å². The van der Waals surface area contributed by atoms with Gasteiger partial charge in [-0.3, -0.25) is 0 Å². The molecule has 0 heterocycles. The normalized spacial score (nSPS) is 12.9. The van der Waals surface area contributed by atoms with E-state index in [-0.39, 0.29) is 57.2 Å². The molecular weight excluding hydrogens is 443 g/mol. The van der Waals surface area contributed by atoms with Crippen molar-refractivity contribution in [2.75, 3.05) is 19.8 Å². The minimum Gasteiger partial charge on any atom is -0.493 e. The van der Waals surface area contributed by atoms with Crippen molar-refractivity contribution < 1.29 is 28.1 Å². The molecule has 0 aliphatic heterocycles. The first kappa shape index (κ1) is 33.2. The van der Waals surface area contributed by atoms with Crippen LogP contribution in [0.5, 0.6) is 5.75 Å². The highest BCUT2D eigenvalue weighted by molar-refractivity contribution is 5.85. The number of nitrogens with two attached hydrogens (primary N) is 1. The van der Waals surface area contributed by atoms with Crippen LogP contribution in [-0.2, 0) is 12.6 Å². The number of benzene rings is 1. The Labute approximate surface area is 198 Å². The number of hydrogen-bond acceptors (Lipinski definition) is 4. The maximum Gasteiger partial charge on any atom is 0.419 e. The van der Waals surface area contributed by atoms with Crippen LogP contribution in [0.1, 0.15) is 89.7 Å². The summed E-state index contributed by atoms with van der Waals surface area (Å²) in [6.45, 7) is 6.21. The topological polar surface area (TPSA) is 75.7 Å². The number of unbranched alkanes of at least 4 members (excludes halogenated alkanes) is 5. The molecule has 0 aromatic heterocycles. The molecule has 0 fully saturated rings. The van der Waals surface area contributed by atoms with Crippen LogP contribution in [-0.4, -0.2) is 35.6 Å². The molecule has 32 heavy (non-hydrogen) atoms. The summed E-state index contributed by atoms with van der Waals surface area (Å²) in [4.78, 5) is 0. The Kier molecular flexibility index (Phi) is 19.1. The van der Waals surface area contributed by atoms with Gasteiger partial charge in [-0.2, -0.15) is 13.2 Å². The number of aliphatic hydroxyl groups is 2. The quantitative estimate of drug-likeness (QED) is 0.271. The molecule has 1 aromatic rings. The van der Waals surface area contributed by atoms with Crippen molar-refractivity contribution in [2.24, 2.45) is 5.73 Å². The highest BCUT2D eigenvalue weighted by Crippen LogP contribution is 2.37. The highest BCUT2D eigenvalue weighted by Gasteiger charge is 2.35. The molecule has 0 aliphatic rings. The lowest BCUT2D eigenvalue weighted by Crippen LogP contribution is -2.44. The summed E-state index contributed by atoms with van der Waals surface area (Å²) in [5.41, 5.74) is 4.65. The summed E-state index contributed by atoms with van der Waals surface area (Å²) in [7, 11) is 0. The predicted octanol–water partition coefficient (Wildman–Crippen LogP) is 6.29. The second kappa shape index (κ2) is 18.4. The number of halogens is 4. The molecule has 0 radical (unpaired) electrons. The van der Waals surface area contributed by atoms with Gasteiger partial charge in [-0.1, -0.05) is 65.4 Å². The fraction of sp³-hybridized carbons (Fsp3) is 0.750. The van der Waals surface area contributed by atoms with Gasteiger partial charge in [0.2, 0.25) is 0 Å². The van der Waals surface area contributed by atoms with Crippen molar-refractivity contribution in [3.05, 3.63) is 29.3 Å². The van der Waals surface area contributed by atoms with Gasteiger partial charge in [0.25, 0.3) is 0 Å². The minimum atomic E-state index is -4.50. The molecule has 0 bridgehead atoms. The van der Waals surface area contributed by atoms with E-state index in [2.05, 4.69) is 20.8 Å². The van der Waals surface area contributed by atoms with Crippen LogP contribution in [0.3, 0.4) is 0 Å². The first-order valence-corrected chi connectivity index (χ1v) is 11.5. The third-order valence-electron chi connectivity index (χ3n) is 5.19. The van der Waals surface area contributed by atoms with Gasteiger partial charge in [0.05, 0.1) is 18.8 Å². The SMILES string of the molecule is CCCC.CCCCCCCOc1ccc(CCC(N)(CO)CCO)cc1C(F)(F)F.Cl. The van der Waals surface area contributed by atoms with Crippen LogP contribution < -0.4 is 10.5 Å². The Morgan fingerprint density at radius 1 is 0.906 bits per heavy atom. The number of aryl methyl sites for hydroxylation is 1. The van der Waals surface area contributed by atoms with Gasteiger partial charge in [0.1, 0.15) is 5.75 Å². The molecule has 0 saturated carbocycles. The first-order chi connectivity index (χ1) is 14.7. The number of hydrogen-bond donors (Lipinski definition) is 3. The Hall–Kier alpha value is -1.02. The van der Waals surface area contributed by atoms with E-state index in [0.717, 1.165) is 38.2 Å². The van der Waals surface area contributed by atoms with E-state index in [9.17, 15) is 18.3 Å². The number of ether oxygens (including phenoxy) is 1. The van der Waals surface area contributed by atoms with E-state index in [1.807, 2.05) is 0 Å². The van der Waals surface area contributed by atoms with Gasteiger partial charge >= 0.3 is 6.18 Å². The van der Waals surface area contributed by atoms with Crippen LogP contribution in [0.2, 0.25) is 0 Å². The molecule has 1 unspecified atom stereocenters. The summed E-state index contributed by atoms with van der Waals surface area (Å²) < 4.78 is 45.5. The summed E-state index contributed by atoms with van der Waals surface area (Å²) in [5.74, 6) is -0.154. The summed E-state index contributed by atoms with van der Waals surface area (Å²) in [6, 6.07) is 4.04. The second-order valence-electron chi connectivity index (χ2n) is 8.09. The molecule has 0 aliphatic carbocycles. The van der Waals surface area contributed by atoms with Gasteiger partial charge in [-0.05, 0) is 43.4 Å². The minimum absolute atomic E-state index is 0. The second-order valence-corrected chi connectivity index (χ2v) is 8.09. The zero-order chi connectivity index (χ0) is 23.8. The largest absolute Gasteiger partial charge is 0.493 e. The zero-order valence-electron chi connectivity index (χ0n) is 19.8. The molecule has 1 rings (SSSR count). The van der Waals surface area contributed by atoms with Gasteiger partial charge in [-0.15, -0.1) is 12.4 Å². The lowest BCUT2D eigenvalue weighted by atomic mass is 9.89. The van der Waals surface area contributed by atoms with Crippen molar-refractivity contribution in [2.45, 2.75) is 96.7 Å².